The van der Waals surface area contributed by atoms with Gasteiger partial charge in [0.05, 0.1) is 17.7 Å². The molecule has 2 saturated heterocycles. The van der Waals surface area contributed by atoms with Crippen LogP contribution in [0.4, 0.5) is 0 Å². The number of likely N-dealkylation sites (tertiary alicyclic amines) is 1. The van der Waals surface area contributed by atoms with Crippen molar-refractivity contribution in [3.8, 4) is 0 Å². The molecule has 0 aromatic carbocycles. The molecule has 16 heavy (non-hydrogen) atoms. The molecule has 0 aliphatic carbocycles. The van der Waals surface area contributed by atoms with E-state index in [2.05, 4.69) is 0 Å². The molecule has 2 aliphatic rings. The molecule has 3 N–H and O–H groups in total. The third-order valence-electron chi connectivity index (χ3n) is 3.48. The molecule has 3 unspecified atom stereocenters. The first-order valence-electron chi connectivity index (χ1n) is 5.89. The van der Waals surface area contributed by atoms with Crippen LogP contribution in [0.3, 0.4) is 0 Å². The van der Waals surface area contributed by atoms with Crippen molar-refractivity contribution >= 4 is 5.91 Å². The van der Waals surface area contributed by atoms with Crippen molar-refractivity contribution in [2.45, 2.75) is 43.9 Å². The van der Waals surface area contributed by atoms with Crippen LogP contribution < -0.4 is 5.73 Å². The standard InChI is InChI=1S/C11H20N2O3/c1-8(12)10(15)13-4-3-11(7-13)6-9(14)2-5-16-11/h8-9,14H,2-7,12H2,1H3. The lowest BCUT2D eigenvalue weighted by molar-refractivity contribution is -0.136. The lowest BCUT2D eigenvalue weighted by atomic mass is 9.91. The molecular formula is C11H20N2O3. The zero-order valence-electron chi connectivity index (χ0n) is 9.69. The second-order valence-corrected chi connectivity index (χ2v) is 4.98. The molecule has 3 atom stereocenters. The van der Waals surface area contributed by atoms with E-state index in [1.807, 2.05) is 0 Å². The lowest BCUT2D eigenvalue weighted by Crippen LogP contribution is -2.47. The van der Waals surface area contributed by atoms with Crippen LogP contribution >= 0.6 is 0 Å². The smallest absolute Gasteiger partial charge is 0.239 e. The third-order valence-corrected chi connectivity index (χ3v) is 3.48. The molecule has 0 radical (unpaired) electrons. The van der Waals surface area contributed by atoms with Gasteiger partial charge in [0.1, 0.15) is 0 Å². The Labute approximate surface area is 95.5 Å². The van der Waals surface area contributed by atoms with E-state index < -0.39 is 6.04 Å². The van der Waals surface area contributed by atoms with Gasteiger partial charge >= 0.3 is 0 Å². The number of aliphatic hydroxyl groups excluding tert-OH is 1. The van der Waals surface area contributed by atoms with E-state index in [9.17, 15) is 9.90 Å². The molecule has 2 aliphatic heterocycles. The van der Waals surface area contributed by atoms with Crippen LogP contribution in [-0.2, 0) is 9.53 Å². The van der Waals surface area contributed by atoms with Crippen LogP contribution in [0, 0.1) is 0 Å². The van der Waals surface area contributed by atoms with Gasteiger partial charge in [0.15, 0.2) is 0 Å². The Hall–Kier alpha value is -0.650. The van der Waals surface area contributed by atoms with E-state index in [0.717, 1.165) is 6.42 Å². The van der Waals surface area contributed by atoms with E-state index in [1.165, 1.54) is 0 Å². The van der Waals surface area contributed by atoms with Crippen LogP contribution in [0.1, 0.15) is 26.2 Å². The van der Waals surface area contributed by atoms with Gasteiger partial charge in [-0.3, -0.25) is 4.79 Å². The predicted octanol–water partition coefficient (Wildman–Crippen LogP) is -0.524. The Morgan fingerprint density at radius 1 is 1.69 bits per heavy atom. The van der Waals surface area contributed by atoms with Gasteiger partial charge < -0.3 is 20.5 Å². The number of rotatable bonds is 1. The zero-order valence-corrected chi connectivity index (χ0v) is 9.69. The van der Waals surface area contributed by atoms with Crippen molar-refractivity contribution in [1.29, 1.82) is 0 Å². The summed E-state index contributed by atoms with van der Waals surface area (Å²) in [6.45, 7) is 3.54. The van der Waals surface area contributed by atoms with Crippen LogP contribution in [0.5, 0.6) is 0 Å². The molecule has 92 valence electrons. The number of hydrogen-bond donors (Lipinski definition) is 2. The SMILES string of the molecule is CC(N)C(=O)N1CCC2(CC(O)CCO2)C1. The number of hydrogen-bond acceptors (Lipinski definition) is 4. The average molecular weight is 228 g/mol. The van der Waals surface area contributed by atoms with Gasteiger partial charge in [-0.2, -0.15) is 0 Å². The van der Waals surface area contributed by atoms with Crippen molar-refractivity contribution in [3.63, 3.8) is 0 Å². The Kier molecular flexibility index (Phi) is 3.19. The molecule has 0 aromatic heterocycles. The summed E-state index contributed by atoms with van der Waals surface area (Å²) in [5.41, 5.74) is 5.26. The number of aliphatic hydroxyl groups is 1. The molecule has 2 fully saturated rings. The van der Waals surface area contributed by atoms with Gasteiger partial charge in [-0.1, -0.05) is 0 Å². The van der Waals surface area contributed by atoms with Crippen molar-refractivity contribution in [1.82, 2.24) is 4.90 Å². The van der Waals surface area contributed by atoms with Crippen molar-refractivity contribution in [2.75, 3.05) is 19.7 Å². The first-order chi connectivity index (χ1) is 7.52. The summed E-state index contributed by atoms with van der Waals surface area (Å²) in [5, 5.41) is 9.66. The number of nitrogens with zero attached hydrogens (tertiary/aromatic N) is 1. The summed E-state index contributed by atoms with van der Waals surface area (Å²) in [4.78, 5) is 13.5. The number of amides is 1. The van der Waals surface area contributed by atoms with Gasteiger partial charge in [0, 0.05) is 26.1 Å². The number of nitrogens with two attached hydrogens (primary N) is 1. The highest BCUT2D eigenvalue weighted by atomic mass is 16.5. The van der Waals surface area contributed by atoms with Crippen LogP contribution in [-0.4, -0.2) is 53.4 Å². The van der Waals surface area contributed by atoms with E-state index in [0.29, 0.717) is 32.5 Å². The maximum Gasteiger partial charge on any atom is 0.239 e. The fraction of sp³-hybridized carbons (Fsp3) is 0.909. The quantitative estimate of drug-likeness (QED) is 0.633. The molecule has 1 spiro atoms. The minimum Gasteiger partial charge on any atom is -0.393 e. The third kappa shape index (κ3) is 2.21. The average Bonchev–Trinajstić information content (AvgIpc) is 2.60. The minimum atomic E-state index is -0.455. The zero-order chi connectivity index (χ0) is 11.8. The Morgan fingerprint density at radius 3 is 3.06 bits per heavy atom. The molecule has 2 heterocycles. The van der Waals surface area contributed by atoms with Crippen LogP contribution in [0.2, 0.25) is 0 Å². The Bertz CT molecular complexity index is 282. The molecule has 2 rings (SSSR count). The number of carbonyl (C=O) groups is 1. The Morgan fingerprint density at radius 2 is 2.44 bits per heavy atom. The van der Waals surface area contributed by atoms with Crippen LogP contribution in [0.25, 0.3) is 0 Å². The maximum absolute atomic E-state index is 11.7. The molecule has 5 heteroatoms. The summed E-state index contributed by atoms with van der Waals surface area (Å²) in [6, 6.07) is -0.455. The monoisotopic (exact) mass is 228 g/mol. The molecule has 5 nitrogen and oxygen atoms in total. The van der Waals surface area contributed by atoms with Crippen molar-refractivity contribution in [2.24, 2.45) is 5.73 Å². The summed E-state index contributed by atoms with van der Waals surface area (Å²) in [7, 11) is 0. The highest BCUT2D eigenvalue weighted by molar-refractivity contribution is 5.81. The van der Waals surface area contributed by atoms with Gasteiger partial charge in [-0.15, -0.1) is 0 Å². The highest BCUT2D eigenvalue weighted by Crippen LogP contribution is 2.34. The van der Waals surface area contributed by atoms with E-state index in [1.54, 1.807) is 11.8 Å². The summed E-state index contributed by atoms with van der Waals surface area (Å²) in [6.07, 6.45) is 1.85. The van der Waals surface area contributed by atoms with Gasteiger partial charge in [0.25, 0.3) is 0 Å². The molecule has 0 saturated carbocycles. The first kappa shape index (κ1) is 11.8. The fourth-order valence-corrected chi connectivity index (χ4v) is 2.61. The van der Waals surface area contributed by atoms with Gasteiger partial charge in [-0.25, -0.2) is 0 Å². The molecule has 0 bridgehead atoms. The maximum atomic E-state index is 11.7. The largest absolute Gasteiger partial charge is 0.393 e. The van der Waals surface area contributed by atoms with E-state index in [4.69, 9.17) is 10.5 Å². The first-order valence-corrected chi connectivity index (χ1v) is 5.89. The minimum absolute atomic E-state index is 0.0273. The van der Waals surface area contributed by atoms with E-state index >= 15 is 0 Å². The van der Waals surface area contributed by atoms with Gasteiger partial charge in [0.2, 0.25) is 5.91 Å². The topological polar surface area (TPSA) is 75.8 Å². The van der Waals surface area contributed by atoms with Gasteiger partial charge in [-0.05, 0) is 19.8 Å². The number of ether oxygens (including phenoxy) is 1. The highest BCUT2D eigenvalue weighted by Gasteiger charge is 2.44. The van der Waals surface area contributed by atoms with Crippen molar-refractivity contribution < 1.29 is 14.6 Å². The number of carbonyl (C=O) groups excluding carboxylic acids is 1. The fourth-order valence-electron chi connectivity index (χ4n) is 2.61. The summed E-state index contributed by atoms with van der Waals surface area (Å²) >= 11 is 0. The summed E-state index contributed by atoms with van der Waals surface area (Å²) in [5.74, 6) is -0.0273. The predicted molar refractivity (Wildman–Crippen MR) is 58.8 cm³/mol. The Balaban J connectivity index is 1.98. The second kappa shape index (κ2) is 4.31. The van der Waals surface area contributed by atoms with Crippen molar-refractivity contribution in [3.05, 3.63) is 0 Å². The molecule has 0 aromatic rings. The molecular weight excluding hydrogens is 208 g/mol. The van der Waals surface area contributed by atoms with Crippen LogP contribution in [0.15, 0.2) is 0 Å². The van der Waals surface area contributed by atoms with E-state index in [-0.39, 0.29) is 17.6 Å². The second-order valence-electron chi connectivity index (χ2n) is 4.98. The summed E-state index contributed by atoms with van der Waals surface area (Å²) < 4.78 is 5.76. The normalized spacial score (nSPS) is 36.7. The lowest BCUT2D eigenvalue weighted by Gasteiger charge is -2.36. The molecule has 1 amide bonds.